The average Bonchev–Trinajstić information content (AvgIpc) is 2.32. The summed E-state index contributed by atoms with van der Waals surface area (Å²) < 4.78 is 41.7. The summed E-state index contributed by atoms with van der Waals surface area (Å²) in [5.74, 6) is -0.246. The molecule has 0 saturated heterocycles. The van der Waals surface area contributed by atoms with Crippen LogP contribution in [-0.4, -0.2) is 49.6 Å². The maximum Gasteiger partial charge on any atom is 1.00 e. The smallest absolute Gasteiger partial charge is 1.00 e. The molecule has 0 atom stereocenters. The van der Waals surface area contributed by atoms with Crippen molar-refractivity contribution < 1.29 is 85.5 Å². The molecule has 1 rings (SSSR count). The molecule has 19 heavy (non-hydrogen) atoms. The molecule has 0 saturated carbocycles. The zero-order chi connectivity index (χ0) is 13.6. The molecule has 1 aromatic carbocycles. The van der Waals surface area contributed by atoms with Gasteiger partial charge < -0.3 is 21.1 Å². The van der Waals surface area contributed by atoms with Crippen molar-refractivity contribution in [2.24, 2.45) is 0 Å². The van der Waals surface area contributed by atoms with Gasteiger partial charge in [0.05, 0.1) is 13.2 Å². The summed E-state index contributed by atoms with van der Waals surface area (Å²) in [6.45, 7) is -0.836. The third kappa shape index (κ3) is 6.06. The van der Waals surface area contributed by atoms with E-state index in [1.807, 2.05) is 0 Å². The summed E-state index contributed by atoms with van der Waals surface area (Å²) in [6, 6.07) is 4.11. The summed E-state index contributed by atoms with van der Waals surface area (Å²) in [7, 11) is -4.54. The predicted molar refractivity (Wildman–Crippen MR) is 62.5 cm³/mol. The van der Waals surface area contributed by atoms with Crippen LogP contribution in [0.3, 0.4) is 0 Å². The van der Waals surface area contributed by atoms with Crippen molar-refractivity contribution in [3.8, 4) is 11.5 Å². The molecule has 0 spiro atoms. The van der Waals surface area contributed by atoms with Crippen LogP contribution in [0.4, 0.5) is 0 Å². The van der Waals surface area contributed by atoms with Crippen LogP contribution in [0.25, 0.3) is 0 Å². The van der Waals surface area contributed by atoms with Crippen LogP contribution in [0.2, 0.25) is 0 Å². The molecule has 3 N–H and O–H groups in total. The maximum absolute atomic E-state index is 11.3. The molecule has 0 aliphatic heterocycles. The second-order valence-electron chi connectivity index (χ2n) is 3.20. The first-order valence-corrected chi connectivity index (χ1v) is 6.52. The zero-order valence-electron chi connectivity index (χ0n) is 11.4. The molecule has 0 fully saturated rings. The van der Waals surface area contributed by atoms with Gasteiger partial charge in [0.2, 0.25) is 0 Å². The van der Waals surface area contributed by atoms with Crippen LogP contribution in [-0.2, 0) is 10.1 Å². The van der Waals surface area contributed by atoms with Gasteiger partial charge in [-0.15, -0.1) is 0 Å². The van der Waals surface area contributed by atoms with E-state index < -0.39 is 15.0 Å². The van der Waals surface area contributed by atoms with Crippen LogP contribution in [0.15, 0.2) is 23.1 Å². The van der Waals surface area contributed by atoms with E-state index in [9.17, 15) is 8.42 Å². The van der Waals surface area contributed by atoms with Gasteiger partial charge in [0, 0.05) is 0 Å². The number of hydrogen-bond donors (Lipinski definition) is 3. The Kier molecular flexibility index (Phi) is 9.40. The van der Waals surface area contributed by atoms with Gasteiger partial charge in [0.1, 0.15) is 24.7 Å². The molecule has 0 aliphatic rings. The molecule has 1 aromatic rings. The monoisotopic (exact) mass is 318 g/mol. The Hall–Kier alpha value is 0.286. The number of hydrogen-bond acceptors (Lipinski definition) is 6. The van der Waals surface area contributed by atoms with Crippen LogP contribution in [0.1, 0.15) is 1.43 Å². The second kappa shape index (κ2) is 9.26. The third-order valence-electron chi connectivity index (χ3n) is 1.90. The molecule has 0 heterocycles. The van der Waals surface area contributed by atoms with Crippen LogP contribution in [0, 0.1) is 0 Å². The summed E-state index contributed by atoms with van der Waals surface area (Å²) in [5.41, 5.74) is 0. The van der Waals surface area contributed by atoms with E-state index in [1.54, 1.807) is 0 Å². The number of ether oxygens (including phenoxy) is 2. The van der Waals surface area contributed by atoms with Crippen molar-refractivity contribution in [3.05, 3.63) is 18.2 Å². The van der Waals surface area contributed by atoms with Crippen molar-refractivity contribution in [1.82, 2.24) is 0 Å². The number of rotatable bonds is 7. The van der Waals surface area contributed by atoms with Gasteiger partial charge in [0.15, 0.2) is 4.90 Å². The van der Waals surface area contributed by atoms with E-state index in [2.05, 4.69) is 0 Å². The first kappa shape index (κ1) is 19.3. The minimum absolute atomic E-state index is 0. The predicted octanol–water partition coefficient (Wildman–Crippen LogP) is -3.21. The molecule has 7 nitrogen and oxygen atoms in total. The molecule has 0 aromatic heterocycles. The van der Waals surface area contributed by atoms with Crippen LogP contribution < -0.4 is 60.9 Å². The van der Waals surface area contributed by atoms with Crippen molar-refractivity contribution in [2.45, 2.75) is 4.90 Å². The maximum atomic E-state index is 11.3. The minimum atomic E-state index is -4.54. The summed E-state index contributed by atoms with van der Waals surface area (Å²) in [6.07, 6.45) is 0. The van der Waals surface area contributed by atoms with Crippen molar-refractivity contribution >= 4 is 10.1 Å². The normalized spacial score (nSPS) is 10.7. The minimum Gasteiger partial charge on any atom is -1.00 e. The van der Waals surface area contributed by atoms with Gasteiger partial charge in [-0.3, -0.25) is 4.55 Å². The molecule has 0 amide bonds. The Morgan fingerprint density at radius 3 is 1.79 bits per heavy atom. The van der Waals surface area contributed by atoms with Gasteiger partial charge in [-0.05, 0) is 12.1 Å². The first-order chi connectivity index (χ1) is 8.50. The van der Waals surface area contributed by atoms with Crippen molar-refractivity contribution in [3.63, 3.8) is 0 Å². The van der Waals surface area contributed by atoms with Gasteiger partial charge in [-0.25, -0.2) is 0 Å². The van der Waals surface area contributed by atoms with Gasteiger partial charge in [-0.2, -0.15) is 8.42 Å². The number of aliphatic hydroxyl groups is 2. The van der Waals surface area contributed by atoms with E-state index in [4.69, 9.17) is 24.2 Å². The molecule has 104 valence electrons. The summed E-state index contributed by atoms with van der Waals surface area (Å²) >= 11 is 0. The van der Waals surface area contributed by atoms with Gasteiger partial charge in [0.25, 0.3) is 0 Å². The Bertz CT molecular complexity index is 468. The fourth-order valence-electron chi connectivity index (χ4n) is 1.29. The molecule has 0 bridgehead atoms. The second-order valence-corrected chi connectivity index (χ2v) is 4.56. The molecule has 0 unspecified atom stereocenters. The Morgan fingerprint density at radius 2 is 1.47 bits per heavy atom. The van der Waals surface area contributed by atoms with E-state index >= 15 is 0 Å². The SMILES string of the molecule is O=S(=O)(O)c1c(OCCO)cccc1OCCO.[H-].[K+]. The topological polar surface area (TPSA) is 113 Å². The van der Waals surface area contributed by atoms with Crippen molar-refractivity contribution in [1.29, 1.82) is 0 Å². The van der Waals surface area contributed by atoms with Crippen molar-refractivity contribution in [2.75, 3.05) is 26.4 Å². The molecule has 0 aliphatic carbocycles. The number of aliphatic hydroxyl groups excluding tert-OH is 2. The van der Waals surface area contributed by atoms with Gasteiger partial charge in [-0.1, -0.05) is 6.07 Å². The molecular weight excluding hydrogens is 303 g/mol. The van der Waals surface area contributed by atoms with E-state index in [1.165, 1.54) is 18.2 Å². The summed E-state index contributed by atoms with van der Waals surface area (Å²) in [4.78, 5) is -0.521. The van der Waals surface area contributed by atoms with Gasteiger partial charge >= 0.3 is 61.5 Å². The molecule has 9 heteroatoms. The summed E-state index contributed by atoms with van der Waals surface area (Å²) in [5, 5.41) is 17.3. The standard InChI is InChI=1S/C10H14O7S.K.H/c11-4-6-16-8-2-1-3-9(17-7-5-12)10(8)18(13,14)15;;/h1-3,11-12H,4-7H2,(H,13,14,15);;/q;+1;-1. The van der Waals surface area contributed by atoms with Crippen LogP contribution >= 0.6 is 0 Å². The number of benzene rings is 1. The Morgan fingerprint density at radius 1 is 1.05 bits per heavy atom. The van der Waals surface area contributed by atoms with E-state index in [0.717, 1.165) is 0 Å². The first-order valence-electron chi connectivity index (χ1n) is 5.08. The fraction of sp³-hybridized carbons (Fsp3) is 0.400. The molecule has 0 radical (unpaired) electrons. The van der Waals surface area contributed by atoms with E-state index in [-0.39, 0.29) is 90.7 Å². The average molecular weight is 318 g/mol. The van der Waals surface area contributed by atoms with E-state index in [0.29, 0.717) is 0 Å². The molecular formula is C10H15KO7S. The Balaban J connectivity index is 0. The Labute approximate surface area is 155 Å². The third-order valence-corrected chi connectivity index (χ3v) is 2.82. The fourth-order valence-corrected chi connectivity index (χ4v) is 2.05. The quantitative estimate of drug-likeness (QED) is 0.358. The zero-order valence-corrected chi connectivity index (χ0v) is 14.4. The van der Waals surface area contributed by atoms with Crippen LogP contribution in [0.5, 0.6) is 11.5 Å². The largest absolute Gasteiger partial charge is 1.00 e.